The largest absolute Gasteiger partial charge is 0.387 e. The molecule has 4 unspecified atom stereocenters. The third-order valence-corrected chi connectivity index (χ3v) is 13.5. The van der Waals surface area contributed by atoms with Crippen LogP contribution in [0.4, 0.5) is 0 Å². The molecule has 0 aliphatic heterocycles. The molecule has 6 aliphatic rings. The van der Waals surface area contributed by atoms with Crippen LogP contribution >= 0.6 is 0 Å². The van der Waals surface area contributed by atoms with E-state index in [4.69, 9.17) is 0 Å². The molecule has 4 bridgehead atoms. The first-order valence-corrected chi connectivity index (χ1v) is 12.3. The summed E-state index contributed by atoms with van der Waals surface area (Å²) in [5, 5.41) is 25.1. The van der Waals surface area contributed by atoms with Gasteiger partial charge in [0.2, 0.25) is 0 Å². The van der Waals surface area contributed by atoms with E-state index >= 15 is 0 Å². The molecule has 6 rings (SSSR count). The van der Waals surface area contributed by atoms with Crippen molar-refractivity contribution in [3.05, 3.63) is 0 Å². The molecule has 2 N–H and O–H groups in total. The molecule has 10 atom stereocenters. The summed E-state index contributed by atoms with van der Waals surface area (Å²) in [7, 11) is 0. The van der Waals surface area contributed by atoms with Crippen LogP contribution in [0, 0.1) is 57.2 Å². The smallest absolute Gasteiger partial charge is 0.0972 e. The second kappa shape index (κ2) is 4.72. The maximum atomic E-state index is 12.5. The Morgan fingerprint density at radius 2 is 0.893 bits per heavy atom. The standard InChI is InChI=1S/C26H42O2/c1-21(2)17-9-11-23(21,5)19-15(17)7-13-25(19,27)26(28)14-8-16-18-10-12-24(6,20(16)26)22(18,3)4/h15-20,27-28H,7-14H2,1-6H3/t15-,16?,17+,18?,19-,20?,23-,24?,25-,26-/m0/s1. The van der Waals surface area contributed by atoms with Crippen molar-refractivity contribution in [3.8, 4) is 0 Å². The summed E-state index contributed by atoms with van der Waals surface area (Å²) < 4.78 is 0. The van der Waals surface area contributed by atoms with Crippen LogP contribution in [-0.4, -0.2) is 21.4 Å². The molecule has 0 aromatic rings. The van der Waals surface area contributed by atoms with E-state index in [0.717, 1.165) is 37.5 Å². The molecule has 0 amide bonds. The Hall–Kier alpha value is -0.0800. The van der Waals surface area contributed by atoms with Gasteiger partial charge in [0.15, 0.2) is 0 Å². The molecular weight excluding hydrogens is 344 g/mol. The molecule has 2 nitrogen and oxygen atoms in total. The number of aliphatic hydroxyl groups is 2. The van der Waals surface area contributed by atoms with Gasteiger partial charge in [-0.1, -0.05) is 41.5 Å². The average Bonchev–Trinajstić information content (AvgIpc) is 3.34. The van der Waals surface area contributed by atoms with Crippen molar-refractivity contribution in [2.24, 2.45) is 57.2 Å². The molecule has 2 heteroatoms. The van der Waals surface area contributed by atoms with E-state index in [1.165, 1.54) is 25.7 Å². The van der Waals surface area contributed by atoms with Crippen LogP contribution < -0.4 is 0 Å². The highest BCUT2D eigenvalue weighted by Gasteiger charge is 2.81. The van der Waals surface area contributed by atoms with Crippen LogP contribution in [0.5, 0.6) is 0 Å². The lowest BCUT2D eigenvalue weighted by Gasteiger charge is -2.56. The first-order chi connectivity index (χ1) is 12.9. The van der Waals surface area contributed by atoms with E-state index < -0.39 is 11.2 Å². The van der Waals surface area contributed by atoms with Crippen LogP contribution in [-0.2, 0) is 0 Å². The van der Waals surface area contributed by atoms with E-state index in [1.807, 2.05) is 0 Å². The fourth-order valence-electron chi connectivity index (χ4n) is 11.7. The Kier molecular flexibility index (Phi) is 3.15. The first kappa shape index (κ1) is 18.7. The quantitative estimate of drug-likeness (QED) is 0.632. The second-order valence-electron chi connectivity index (χ2n) is 13.8. The van der Waals surface area contributed by atoms with Gasteiger partial charge >= 0.3 is 0 Å². The molecule has 28 heavy (non-hydrogen) atoms. The van der Waals surface area contributed by atoms with Crippen LogP contribution in [0.25, 0.3) is 0 Å². The highest BCUT2D eigenvalue weighted by atomic mass is 16.4. The van der Waals surface area contributed by atoms with E-state index in [1.54, 1.807) is 0 Å². The number of hydrogen-bond donors (Lipinski definition) is 2. The average molecular weight is 387 g/mol. The molecule has 6 saturated carbocycles. The lowest BCUT2D eigenvalue weighted by molar-refractivity contribution is -0.232. The Balaban J connectivity index is 1.47. The van der Waals surface area contributed by atoms with Crippen LogP contribution in [0.2, 0.25) is 0 Å². The van der Waals surface area contributed by atoms with E-state index in [-0.39, 0.29) is 10.8 Å². The van der Waals surface area contributed by atoms with Crippen molar-refractivity contribution in [1.82, 2.24) is 0 Å². The lowest BCUT2D eigenvalue weighted by atomic mass is 9.53. The summed E-state index contributed by atoms with van der Waals surface area (Å²) in [5.41, 5.74) is -0.805. The Morgan fingerprint density at radius 1 is 0.536 bits per heavy atom. The van der Waals surface area contributed by atoms with Gasteiger partial charge < -0.3 is 10.2 Å². The zero-order chi connectivity index (χ0) is 20.1. The maximum Gasteiger partial charge on any atom is 0.0972 e. The summed E-state index contributed by atoms with van der Waals surface area (Å²) in [6.45, 7) is 14.8. The topological polar surface area (TPSA) is 40.5 Å². The van der Waals surface area contributed by atoms with Crippen molar-refractivity contribution >= 4 is 0 Å². The zero-order valence-electron chi connectivity index (χ0n) is 19.0. The van der Waals surface area contributed by atoms with Crippen molar-refractivity contribution in [3.63, 3.8) is 0 Å². The van der Waals surface area contributed by atoms with Crippen molar-refractivity contribution < 1.29 is 10.2 Å². The minimum absolute atomic E-state index is 0.176. The number of fused-ring (bicyclic) bond motifs is 10. The van der Waals surface area contributed by atoms with Gasteiger partial charge in [0.05, 0.1) is 11.2 Å². The van der Waals surface area contributed by atoms with E-state index in [9.17, 15) is 10.2 Å². The molecule has 0 aromatic heterocycles. The Morgan fingerprint density at radius 3 is 1.25 bits per heavy atom. The third kappa shape index (κ3) is 1.52. The van der Waals surface area contributed by atoms with Crippen molar-refractivity contribution in [2.45, 2.75) is 104 Å². The summed E-state index contributed by atoms with van der Waals surface area (Å²) in [5.74, 6) is 3.32. The summed E-state index contributed by atoms with van der Waals surface area (Å²) in [4.78, 5) is 0. The first-order valence-electron chi connectivity index (χ1n) is 12.3. The monoisotopic (exact) mass is 386 g/mol. The van der Waals surface area contributed by atoms with Crippen LogP contribution in [0.15, 0.2) is 0 Å². The van der Waals surface area contributed by atoms with Gasteiger partial charge in [0.25, 0.3) is 0 Å². The Labute approximate surface area is 171 Å². The molecule has 158 valence electrons. The third-order valence-electron chi connectivity index (χ3n) is 13.5. The highest BCUT2D eigenvalue weighted by Crippen LogP contribution is 2.81. The number of hydrogen-bond acceptors (Lipinski definition) is 2. The van der Waals surface area contributed by atoms with Gasteiger partial charge in [0, 0.05) is 0 Å². The molecule has 0 heterocycles. The SMILES string of the molecule is CC1(C)C2CCC1(C)C1C2CC[C@@]1(O)[C@]1(O)CC[C@H]2[C@H]3CC[C@@](C)([C@H]21)C3(C)C. The molecule has 0 spiro atoms. The number of rotatable bonds is 1. The fourth-order valence-corrected chi connectivity index (χ4v) is 11.7. The van der Waals surface area contributed by atoms with Gasteiger partial charge in [-0.3, -0.25) is 0 Å². The maximum absolute atomic E-state index is 12.5. The normalized spacial score (nSPS) is 65.1. The summed E-state index contributed by atoms with van der Waals surface area (Å²) >= 11 is 0. The van der Waals surface area contributed by atoms with Gasteiger partial charge in [-0.15, -0.1) is 0 Å². The lowest BCUT2D eigenvalue weighted by Crippen LogP contribution is -2.65. The summed E-state index contributed by atoms with van der Waals surface area (Å²) in [6.07, 6.45) is 9.09. The van der Waals surface area contributed by atoms with Gasteiger partial charge in [-0.2, -0.15) is 0 Å². The van der Waals surface area contributed by atoms with Gasteiger partial charge in [0.1, 0.15) is 0 Å². The predicted octanol–water partition coefficient (Wildman–Crippen LogP) is 5.41. The van der Waals surface area contributed by atoms with Crippen LogP contribution in [0.3, 0.4) is 0 Å². The molecular formula is C26H42O2. The highest BCUT2D eigenvalue weighted by molar-refractivity contribution is 5.30. The fraction of sp³-hybridized carbons (Fsp3) is 1.00. The minimum Gasteiger partial charge on any atom is -0.387 e. The van der Waals surface area contributed by atoms with Gasteiger partial charge in [-0.05, 0) is 109 Å². The van der Waals surface area contributed by atoms with Gasteiger partial charge in [-0.25, -0.2) is 0 Å². The van der Waals surface area contributed by atoms with E-state index in [2.05, 4.69) is 41.5 Å². The molecule has 6 aliphatic carbocycles. The summed E-state index contributed by atoms with van der Waals surface area (Å²) in [6, 6.07) is 0. The minimum atomic E-state index is -0.873. The predicted molar refractivity (Wildman–Crippen MR) is 112 cm³/mol. The Bertz CT molecular complexity index is 679. The van der Waals surface area contributed by atoms with Crippen molar-refractivity contribution in [2.75, 3.05) is 0 Å². The van der Waals surface area contributed by atoms with Crippen LogP contribution in [0.1, 0.15) is 92.9 Å². The van der Waals surface area contributed by atoms with Crippen molar-refractivity contribution in [1.29, 1.82) is 0 Å². The molecule has 0 saturated heterocycles. The molecule has 6 fully saturated rings. The van der Waals surface area contributed by atoms with E-state index in [0.29, 0.717) is 34.5 Å². The molecule has 0 radical (unpaired) electrons. The molecule has 0 aromatic carbocycles. The second-order valence-corrected chi connectivity index (χ2v) is 13.8. The zero-order valence-corrected chi connectivity index (χ0v) is 19.0.